The van der Waals surface area contributed by atoms with E-state index in [4.69, 9.17) is 11.6 Å². The number of fused-ring (bicyclic) bond motifs is 1. The number of nitrogens with zero attached hydrogens (tertiary/aromatic N) is 2. The van der Waals surface area contributed by atoms with Crippen LogP contribution < -0.4 is 16.0 Å². The van der Waals surface area contributed by atoms with E-state index in [0.717, 1.165) is 32.9 Å². The molecule has 0 aliphatic rings. The van der Waals surface area contributed by atoms with Gasteiger partial charge in [0, 0.05) is 35.9 Å². The molecule has 0 aliphatic carbocycles. The van der Waals surface area contributed by atoms with Crippen molar-refractivity contribution in [3.63, 3.8) is 0 Å². The molecule has 6 nitrogen and oxygen atoms in total. The van der Waals surface area contributed by atoms with Gasteiger partial charge in [-0.2, -0.15) is 13.2 Å². The minimum atomic E-state index is -4.48. The molecule has 0 unspecified atom stereocenters. The number of carbonyl (C=O) groups is 1. The van der Waals surface area contributed by atoms with Crippen molar-refractivity contribution in [1.82, 2.24) is 9.97 Å². The number of carbonyl (C=O) groups excluding carboxylic acids is 1. The molecular weight excluding hydrogens is 483 g/mol. The maximum absolute atomic E-state index is 12.8. The van der Waals surface area contributed by atoms with Crippen LogP contribution in [0.4, 0.5) is 34.5 Å². The molecule has 0 saturated heterocycles. The van der Waals surface area contributed by atoms with Crippen LogP contribution in [0, 0.1) is 0 Å². The molecule has 2 amide bonds. The van der Waals surface area contributed by atoms with Gasteiger partial charge in [-0.1, -0.05) is 17.7 Å². The SMILES string of the molecule is O=C(Nc1cccc(C(F)(F)F)c1)Nc1ncc(CCNc2c(Cl)cnc3ccsc23)s1. The fraction of sp³-hybridized carbons (Fsp3) is 0.150. The summed E-state index contributed by atoms with van der Waals surface area (Å²) in [6.45, 7) is 0.592. The summed E-state index contributed by atoms with van der Waals surface area (Å²) in [6.07, 6.45) is -0.597. The predicted molar refractivity (Wildman–Crippen MR) is 123 cm³/mol. The molecule has 166 valence electrons. The summed E-state index contributed by atoms with van der Waals surface area (Å²) in [4.78, 5) is 21.5. The fourth-order valence-electron chi connectivity index (χ4n) is 2.88. The van der Waals surface area contributed by atoms with E-state index in [9.17, 15) is 18.0 Å². The summed E-state index contributed by atoms with van der Waals surface area (Å²) in [5.74, 6) is 0. The molecule has 0 radical (unpaired) electrons. The Morgan fingerprint density at radius 2 is 1.97 bits per heavy atom. The Bertz CT molecular complexity index is 1260. The van der Waals surface area contributed by atoms with Gasteiger partial charge in [-0.05, 0) is 29.6 Å². The minimum Gasteiger partial charge on any atom is -0.382 e. The first-order valence-corrected chi connectivity index (χ1v) is 11.3. The molecule has 4 rings (SSSR count). The number of anilines is 3. The number of thiophene rings is 1. The highest BCUT2D eigenvalue weighted by Crippen LogP contribution is 2.33. The maximum Gasteiger partial charge on any atom is 0.416 e. The molecule has 4 aromatic rings. The van der Waals surface area contributed by atoms with Crippen LogP contribution in [0.5, 0.6) is 0 Å². The molecule has 12 heteroatoms. The molecule has 0 saturated carbocycles. The van der Waals surface area contributed by atoms with Crippen LogP contribution in [0.3, 0.4) is 0 Å². The Kier molecular flexibility index (Phi) is 6.49. The zero-order chi connectivity index (χ0) is 22.7. The van der Waals surface area contributed by atoms with Crippen molar-refractivity contribution >= 4 is 67.0 Å². The van der Waals surface area contributed by atoms with Gasteiger partial charge < -0.3 is 10.6 Å². The summed E-state index contributed by atoms with van der Waals surface area (Å²) in [5.41, 5.74) is 0.897. The second-order valence-corrected chi connectivity index (χ2v) is 9.02. The summed E-state index contributed by atoms with van der Waals surface area (Å²) in [6, 6.07) is 5.66. The predicted octanol–water partition coefficient (Wildman–Crippen LogP) is 6.72. The van der Waals surface area contributed by atoms with Crippen LogP contribution in [-0.2, 0) is 12.6 Å². The largest absolute Gasteiger partial charge is 0.416 e. The number of pyridine rings is 1. The van der Waals surface area contributed by atoms with E-state index in [1.54, 1.807) is 23.7 Å². The highest BCUT2D eigenvalue weighted by molar-refractivity contribution is 7.17. The van der Waals surface area contributed by atoms with Gasteiger partial charge in [-0.3, -0.25) is 10.3 Å². The average molecular weight is 498 g/mol. The highest BCUT2D eigenvalue weighted by atomic mass is 35.5. The van der Waals surface area contributed by atoms with E-state index in [-0.39, 0.29) is 5.69 Å². The molecule has 0 spiro atoms. The number of hydrogen-bond donors (Lipinski definition) is 3. The number of thiazole rings is 1. The van der Waals surface area contributed by atoms with Crippen LogP contribution in [0.15, 0.2) is 48.1 Å². The summed E-state index contributed by atoms with van der Waals surface area (Å²) in [5, 5.41) is 11.1. The van der Waals surface area contributed by atoms with Gasteiger partial charge in [0.05, 0.1) is 26.5 Å². The van der Waals surface area contributed by atoms with E-state index in [1.165, 1.54) is 23.5 Å². The normalized spacial score (nSPS) is 11.5. The molecule has 0 bridgehead atoms. The molecule has 3 heterocycles. The molecule has 0 atom stereocenters. The Morgan fingerprint density at radius 3 is 2.78 bits per heavy atom. The first-order valence-electron chi connectivity index (χ1n) is 9.25. The molecular formula is C20H15ClF3N5OS2. The quantitative estimate of drug-likeness (QED) is 0.276. The first kappa shape index (κ1) is 22.3. The van der Waals surface area contributed by atoms with Crippen molar-refractivity contribution < 1.29 is 18.0 Å². The third kappa shape index (κ3) is 5.29. The van der Waals surface area contributed by atoms with Gasteiger partial charge in [0.1, 0.15) is 0 Å². The van der Waals surface area contributed by atoms with Gasteiger partial charge in [0.2, 0.25) is 0 Å². The highest BCUT2D eigenvalue weighted by Gasteiger charge is 2.30. The topological polar surface area (TPSA) is 78.9 Å². The van der Waals surface area contributed by atoms with Gasteiger partial charge >= 0.3 is 12.2 Å². The molecule has 0 aliphatic heterocycles. The number of hydrogen-bond acceptors (Lipinski definition) is 6. The van der Waals surface area contributed by atoms with E-state index in [2.05, 4.69) is 25.9 Å². The molecule has 32 heavy (non-hydrogen) atoms. The Hall–Kier alpha value is -2.89. The number of nitrogens with one attached hydrogen (secondary N) is 3. The Morgan fingerprint density at radius 1 is 1.12 bits per heavy atom. The van der Waals surface area contributed by atoms with E-state index in [1.807, 2.05) is 11.4 Å². The van der Waals surface area contributed by atoms with Crippen molar-refractivity contribution in [3.8, 4) is 0 Å². The van der Waals surface area contributed by atoms with Crippen molar-refractivity contribution in [2.75, 3.05) is 22.5 Å². The van der Waals surface area contributed by atoms with Crippen LogP contribution in [0.2, 0.25) is 5.02 Å². The minimum absolute atomic E-state index is 0.0347. The van der Waals surface area contributed by atoms with Crippen molar-refractivity contribution in [1.29, 1.82) is 0 Å². The van der Waals surface area contributed by atoms with Crippen LogP contribution in [0.1, 0.15) is 10.4 Å². The average Bonchev–Trinajstić information content (AvgIpc) is 3.38. The fourth-order valence-corrected chi connectivity index (χ4v) is 4.83. The Labute approximate surface area is 193 Å². The number of urea groups is 1. The molecule has 1 aromatic carbocycles. The summed E-state index contributed by atoms with van der Waals surface area (Å²) in [7, 11) is 0. The van der Waals surface area contributed by atoms with Crippen LogP contribution >= 0.6 is 34.3 Å². The van der Waals surface area contributed by atoms with Gasteiger partial charge in [-0.15, -0.1) is 22.7 Å². The van der Waals surface area contributed by atoms with Crippen molar-refractivity contribution in [3.05, 3.63) is 63.6 Å². The lowest BCUT2D eigenvalue weighted by Crippen LogP contribution is -2.19. The first-order chi connectivity index (χ1) is 15.3. The smallest absolute Gasteiger partial charge is 0.382 e. The number of halogens is 4. The number of alkyl halides is 3. The lowest BCUT2D eigenvalue weighted by molar-refractivity contribution is -0.137. The van der Waals surface area contributed by atoms with E-state index < -0.39 is 17.8 Å². The standard InChI is InChI=1S/C20H15ClF3N5OS2/c21-14-10-26-15-5-7-31-17(15)16(14)25-6-4-13-9-27-19(32-13)29-18(30)28-12-3-1-2-11(8-12)20(22,23)24/h1-3,5,7-10H,4,6H2,(H,25,26)(H2,27,28,29,30). The van der Waals surface area contributed by atoms with Crippen molar-refractivity contribution in [2.45, 2.75) is 12.6 Å². The number of amides is 2. The van der Waals surface area contributed by atoms with Crippen LogP contribution in [-0.4, -0.2) is 22.5 Å². The number of rotatable bonds is 6. The second-order valence-electron chi connectivity index (χ2n) is 6.58. The molecule has 3 aromatic heterocycles. The van der Waals surface area contributed by atoms with Crippen molar-refractivity contribution in [2.24, 2.45) is 0 Å². The third-order valence-corrected chi connectivity index (χ3v) is 6.50. The van der Waals surface area contributed by atoms with Gasteiger partial charge in [0.15, 0.2) is 5.13 Å². The summed E-state index contributed by atoms with van der Waals surface area (Å²) >= 11 is 9.09. The van der Waals surface area contributed by atoms with E-state index >= 15 is 0 Å². The van der Waals surface area contributed by atoms with E-state index in [0.29, 0.717) is 23.1 Å². The zero-order valence-corrected chi connectivity index (χ0v) is 18.6. The number of benzene rings is 1. The Balaban J connectivity index is 1.32. The maximum atomic E-state index is 12.8. The molecule has 0 fully saturated rings. The van der Waals surface area contributed by atoms with Gasteiger partial charge in [-0.25, -0.2) is 9.78 Å². The lowest BCUT2D eigenvalue weighted by Gasteiger charge is -2.10. The monoisotopic (exact) mass is 497 g/mol. The summed E-state index contributed by atoms with van der Waals surface area (Å²) < 4.78 is 39.4. The zero-order valence-electron chi connectivity index (χ0n) is 16.2. The van der Waals surface area contributed by atoms with Crippen LogP contribution in [0.25, 0.3) is 10.2 Å². The second kappa shape index (κ2) is 9.31. The number of aromatic nitrogens is 2. The molecule has 3 N–H and O–H groups in total. The van der Waals surface area contributed by atoms with Gasteiger partial charge in [0.25, 0.3) is 0 Å². The third-order valence-electron chi connectivity index (χ3n) is 4.32. The lowest BCUT2D eigenvalue weighted by atomic mass is 10.2.